The number of hydrogen-bond donors (Lipinski definition) is 0. The van der Waals surface area contributed by atoms with E-state index in [9.17, 15) is 14.4 Å². The lowest BCUT2D eigenvalue weighted by atomic mass is 10.0. The van der Waals surface area contributed by atoms with Gasteiger partial charge in [-0.15, -0.1) is 0 Å². The molecule has 6 nitrogen and oxygen atoms in total. The van der Waals surface area contributed by atoms with Gasteiger partial charge in [0.05, 0.1) is 0 Å². The Hall–Kier alpha value is -4.71. The fraction of sp³-hybridized carbons (Fsp3) is 0.603. The van der Waals surface area contributed by atoms with Crippen LogP contribution in [0.15, 0.2) is 146 Å². The Morgan fingerprint density at radius 1 is 0.284 bits per heavy atom. The highest BCUT2D eigenvalue weighted by molar-refractivity contribution is 5.71. The number of ether oxygens (including phenoxy) is 3. The summed E-state index contributed by atoms with van der Waals surface area (Å²) in [5, 5.41) is 0. The predicted octanol–water partition coefficient (Wildman–Crippen LogP) is 20.4. The lowest BCUT2D eigenvalue weighted by molar-refractivity contribution is -0.167. The van der Waals surface area contributed by atoms with Crippen LogP contribution in [0, 0.1) is 0 Å². The molecule has 0 aliphatic heterocycles. The van der Waals surface area contributed by atoms with Crippen LogP contribution in [0.25, 0.3) is 0 Å². The minimum Gasteiger partial charge on any atom is -0.462 e. The molecular weight excluding hydrogens is 913 g/mol. The number of hydrogen-bond acceptors (Lipinski definition) is 6. The third-order valence-corrected chi connectivity index (χ3v) is 12.1. The zero-order valence-corrected chi connectivity index (χ0v) is 47.5. The molecule has 0 N–H and O–H groups in total. The summed E-state index contributed by atoms with van der Waals surface area (Å²) < 4.78 is 16.8. The Bertz CT molecular complexity index is 1640. The molecule has 0 rings (SSSR count). The van der Waals surface area contributed by atoms with Crippen LogP contribution in [-0.2, 0) is 28.6 Å². The molecule has 0 aliphatic rings. The van der Waals surface area contributed by atoms with Gasteiger partial charge in [-0.25, -0.2) is 0 Å². The summed E-state index contributed by atoms with van der Waals surface area (Å²) in [6.07, 6.45) is 87.0. The summed E-state index contributed by atoms with van der Waals surface area (Å²) in [6, 6.07) is 0. The lowest BCUT2D eigenvalue weighted by Gasteiger charge is -2.18. The quantitative estimate of drug-likeness (QED) is 0.0261. The van der Waals surface area contributed by atoms with Crippen molar-refractivity contribution in [2.75, 3.05) is 13.2 Å². The average Bonchev–Trinajstić information content (AvgIpc) is 3.40. The maximum absolute atomic E-state index is 12.9. The van der Waals surface area contributed by atoms with Gasteiger partial charge in [-0.1, -0.05) is 250 Å². The first-order valence-corrected chi connectivity index (χ1v) is 29.8. The first-order valence-electron chi connectivity index (χ1n) is 29.8. The molecule has 0 bridgehead atoms. The normalized spacial score (nSPS) is 13.2. The number of unbranched alkanes of at least 4 members (excludes halogenated alkanes) is 17. The van der Waals surface area contributed by atoms with E-state index in [0.29, 0.717) is 19.3 Å². The molecule has 0 radical (unpaired) electrons. The topological polar surface area (TPSA) is 78.9 Å². The molecule has 1 atom stereocenters. The van der Waals surface area contributed by atoms with Crippen molar-refractivity contribution in [1.29, 1.82) is 0 Å². The van der Waals surface area contributed by atoms with Crippen molar-refractivity contribution in [2.24, 2.45) is 0 Å². The van der Waals surface area contributed by atoms with Gasteiger partial charge in [-0.2, -0.15) is 0 Å². The maximum Gasteiger partial charge on any atom is 0.306 e. The number of rotatable bonds is 52. The van der Waals surface area contributed by atoms with Crippen molar-refractivity contribution in [2.45, 2.75) is 252 Å². The van der Waals surface area contributed by atoms with Crippen molar-refractivity contribution < 1.29 is 28.6 Å². The Kier molecular flexibility index (Phi) is 57.0. The second-order valence-electron chi connectivity index (χ2n) is 19.1. The molecule has 0 amide bonds. The molecule has 74 heavy (non-hydrogen) atoms. The van der Waals surface area contributed by atoms with Crippen molar-refractivity contribution in [3.8, 4) is 0 Å². The average molecular weight is 1020 g/mol. The van der Waals surface area contributed by atoms with Crippen LogP contribution in [0.1, 0.15) is 245 Å². The van der Waals surface area contributed by atoms with E-state index in [2.05, 4.69) is 167 Å². The smallest absolute Gasteiger partial charge is 0.306 e. The highest BCUT2D eigenvalue weighted by Crippen LogP contribution is 2.14. The number of esters is 3. The highest BCUT2D eigenvalue weighted by atomic mass is 16.6. The van der Waals surface area contributed by atoms with Crippen molar-refractivity contribution in [3.05, 3.63) is 146 Å². The second kappa shape index (κ2) is 60.8. The van der Waals surface area contributed by atoms with E-state index in [1.54, 1.807) is 0 Å². The third kappa shape index (κ3) is 58.2. The maximum atomic E-state index is 12.9. The van der Waals surface area contributed by atoms with Crippen molar-refractivity contribution in [3.63, 3.8) is 0 Å². The zero-order valence-electron chi connectivity index (χ0n) is 47.5. The van der Waals surface area contributed by atoms with Crippen molar-refractivity contribution in [1.82, 2.24) is 0 Å². The van der Waals surface area contributed by atoms with Gasteiger partial charge in [0, 0.05) is 19.3 Å². The summed E-state index contributed by atoms with van der Waals surface area (Å²) in [6.45, 7) is 6.35. The number of allylic oxidation sites excluding steroid dienone is 24. The number of carbonyl (C=O) groups is 3. The predicted molar refractivity (Wildman–Crippen MR) is 320 cm³/mol. The monoisotopic (exact) mass is 1020 g/mol. The Balaban J connectivity index is 4.49. The van der Waals surface area contributed by atoms with E-state index in [1.807, 2.05) is 0 Å². The minimum absolute atomic E-state index is 0.106. The van der Waals surface area contributed by atoms with Gasteiger partial charge < -0.3 is 14.2 Å². The second-order valence-corrected chi connectivity index (χ2v) is 19.1. The van der Waals surface area contributed by atoms with Gasteiger partial charge in [0.2, 0.25) is 0 Å². The summed E-state index contributed by atoms with van der Waals surface area (Å²) in [7, 11) is 0. The fourth-order valence-electron chi connectivity index (χ4n) is 7.68. The molecule has 6 heteroatoms. The Labute approximate surface area is 455 Å². The first-order chi connectivity index (χ1) is 36.5. The molecule has 0 saturated heterocycles. The first kappa shape index (κ1) is 69.3. The molecule has 0 fully saturated rings. The standard InChI is InChI=1S/C68H108O6/c1-4-7-10-13-16-19-22-25-27-29-31-32-33-34-35-36-38-39-41-43-46-49-52-55-58-61-67(70)73-64-65(63-72-66(69)60-57-54-51-48-45-24-21-18-15-12-9-6-3)74-68(71)62-59-56-53-50-47-44-42-40-37-30-28-26-23-20-17-14-11-8-5-2/h7-8,10-11,16-17,19-20,25-28,31-32,34-35,37-40,43-44,46-47,65H,4-6,9,12-15,18,21-24,29-30,33,36,41-42,45,48-64H2,1-3H3/b10-7-,11-8-,19-16-,20-17-,27-25-,28-26-,32-31-,35-34-,39-38-,40-37-,46-43-,47-44-. The highest BCUT2D eigenvalue weighted by Gasteiger charge is 2.19. The molecule has 0 heterocycles. The van der Waals surface area contributed by atoms with Crippen LogP contribution in [0.5, 0.6) is 0 Å². The van der Waals surface area contributed by atoms with E-state index < -0.39 is 6.10 Å². The van der Waals surface area contributed by atoms with Crippen LogP contribution >= 0.6 is 0 Å². The van der Waals surface area contributed by atoms with E-state index in [0.717, 1.165) is 141 Å². The van der Waals surface area contributed by atoms with Crippen LogP contribution in [0.4, 0.5) is 0 Å². The fourth-order valence-corrected chi connectivity index (χ4v) is 7.68. The zero-order chi connectivity index (χ0) is 53.6. The van der Waals surface area contributed by atoms with E-state index in [4.69, 9.17) is 14.2 Å². The number of carbonyl (C=O) groups excluding carboxylic acids is 3. The van der Waals surface area contributed by atoms with Crippen LogP contribution in [0.3, 0.4) is 0 Å². The van der Waals surface area contributed by atoms with E-state index in [-0.39, 0.29) is 37.5 Å². The van der Waals surface area contributed by atoms with Gasteiger partial charge in [0.15, 0.2) is 6.10 Å². The van der Waals surface area contributed by atoms with Gasteiger partial charge in [0.25, 0.3) is 0 Å². The molecule has 0 aromatic rings. The summed E-state index contributed by atoms with van der Waals surface area (Å²) in [4.78, 5) is 38.2. The molecule has 0 saturated carbocycles. The molecule has 416 valence electrons. The summed E-state index contributed by atoms with van der Waals surface area (Å²) >= 11 is 0. The molecular formula is C68H108O6. The van der Waals surface area contributed by atoms with Gasteiger partial charge >= 0.3 is 17.9 Å². The molecule has 1 unspecified atom stereocenters. The molecule has 0 spiro atoms. The van der Waals surface area contributed by atoms with Crippen LogP contribution < -0.4 is 0 Å². The third-order valence-electron chi connectivity index (χ3n) is 12.1. The largest absolute Gasteiger partial charge is 0.462 e. The van der Waals surface area contributed by atoms with E-state index in [1.165, 1.54) is 57.8 Å². The lowest BCUT2D eigenvalue weighted by Crippen LogP contribution is -2.30. The van der Waals surface area contributed by atoms with Gasteiger partial charge in [-0.05, 0) is 122 Å². The minimum atomic E-state index is -0.815. The van der Waals surface area contributed by atoms with Crippen LogP contribution in [-0.4, -0.2) is 37.2 Å². The molecule has 0 aromatic heterocycles. The Morgan fingerprint density at radius 3 is 0.824 bits per heavy atom. The van der Waals surface area contributed by atoms with Crippen molar-refractivity contribution >= 4 is 17.9 Å². The van der Waals surface area contributed by atoms with Crippen LogP contribution in [0.2, 0.25) is 0 Å². The SMILES string of the molecule is CC/C=C\C/C=C\C/C=C\C/C=C\C/C=C\C/C=C\C/C=C\CCCCCC(=O)OCC(COC(=O)CCCCCCCCCCCCCC)OC(=O)CCCCC/C=C\C/C=C\C/C=C\C/C=C\C/C=C\CC. The van der Waals surface area contributed by atoms with Gasteiger partial charge in [-0.3, -0.25) is 14.4 Å². The van der Waals surface area contributed by atoms with Gasteiger partial charge in [0.1, 0.15) is 13.2 Å². The molecule has 0 aromatic carbocycles. The summed E-state index contributed by atoms with van der Waals surface area (Å²) in [5.41, 5.74) is 0. The van der Waals surface area contributed by atoms with E-state index >= 15 is 0 Å². The summed E-state index contributed by atoms with van der Waals surface area (Å²) in [5.74, 6) is -0.977. The Morgan fingerprint density at radius 2 is 0.527 bits per heavy atom. The molecule has 0 aliphatic carbocycles.